The predicted molar refractivity (Wildman–Crippen MR) is 139 cm³/mol. The Kier molecular flexibility index (Phi) is 8.58. The molecule has 2 heterocycles. The van der Waals surface area contributed by atoms with Crippen molar-refractivity contribution >= 4 is 39.1 Å². The van der Waals surface area contributed by atoms with E-state index in [-0.39, 0.29) is 23.2 Å². The summed E-state index contributed by atoms with van der Waals surface area (Å²) in [5.74, 6) is -1.30. The Morgan fingerprint density at radius 2 is 2.12 bits per heavy atom. The smallest absolute Gasteiger partial charge is 0.329 e. The van der Waals surface area contributed by atoms with Gasteiger partial charge in [-0.25, -0.2) is 9.78 Å². The first-order valence-electron chi connectivity index (χ1n) is 11.8. The normalized spacial score (nSPS) is 23.0. The quantitative estimate of drug-likeness (QED) is 0.371. The van der Waals surface area contributed by atoms with Crippen molar-refractivity contribution in [2.45, 2.75) is 64.5 Å². The molecule has 1 aliphatic heterocycles. The van der Waals surface area contributed by atoms with Crippen LogP contribution >= 0.6 is 27.3 Å². The van der Waals surface area contributed by atoms with Crippen molar-refractivity contribution in [2.75, 3.05) is 18.5 Å². The highest BCUT2D eigenvalue weighted by atomic mass is 79.9. The fourth-order valence-electron chi connectivity index (χ4n) is 4.98. The Labute approximate surface area is 214 Å². The molecule has 1 aromatic heterocycles. The number of halogens is 1. The van der Waals surface area contributed by atoms with Crippen molar-refractivity contribution < 1.29 is 19.4 Å². The van der Waals surface area contributed by atoms with Crippen molar-refractivity contribution in [1.82, 2.24) is 9.88 Å². The number of thiazole rings is 1. The number of aromatic nitrogens is 1. The number of nitrogens with zero attached hydrogens (tertiary/aromatic N) is 2. The van der Waals surface area contributed by atoms with E-state index in [0.717, 1.165) is 15.9 Å². The third-order valence-electron chi connectivity index (χ3n) is 6.61. The molecule has 1 saturated heterocycles. The van der Waals surface area contributed by atoms with Crippen LogP contribution in [0.15, 0.2) is 35.8 Å². The van der Waals surface area contributed by atoms with Gasteiger partial charge >= 0.3 is 5.97 Å². The van der Waals surface area contributed by atoms with Crippen LogP contribution in [0, 0.1) is 11.8 Å². The molecule has 0 radical (unpaired) electrons. The van der Waals surface area contributed by atoms with Gasteiger partial charge in [0.05, 0.1) is 12.6 Å². The molecule has 3 rings (SSSR count). The second-order valence-corrected chi connectivity index (χ2v) is 11.6. The fraction of sp³-hybridized carbons (Fsp3) is 0.577. The molecule has 6 nitrogen and oxygen atoms in total. The minimum Gasteiger partial charge on any atom is -0.479 e. The summed E-state index contributed by atoms with van der Waals surface area (Å²) in [6, 6.07) is 7.12. The van der Waals surface area contributed by atoms with E-state index in [1.54, 1.807) is 17.2 Å². The van der Waals surface area contributed by atoms with E-state index in [2.05, 4.69) is 34.8 Å². The lowest BCUT2D eigenvalue weighted by molar-refractivity contribution is -0.150. The van der Waals surface area contributed by atoms with E-state index in [0.29, 0.717) is 31.6 Å². The van der Waals surface area contributed by atoms with Gasteiger partial charge in [0, 0.05) is 35.0 Å². The number of ether oxygens (including phenoxy) is 1. The van der Waals surface area contributed by atoms with Crippen molar-refractivity contribution in [3.05, 3.63) is 52.0 Å². The van der Waals surface area contributed by atoms with Crippen molar-refractivity contribution in [1.29, 1.82) is 0 Å². The maximum Gasteiger partial charge on any atom is 0.329 e. The average Bonchev–Trinajstić information content (AvgIpc) is 3.43. The molecule has 1 aliphatic rings. The zero-order valence-electron chi connectivity index (χ0n) is 20.6. The number of carboxylic acids is 1. The van der Waals surface area contributed by atoms with E-state index >= 15 is 0 Å². The van der Waals surface area contributed by atoms with Crippen molar-refractivity contribution in [3.63, 3.8) is 0 Å². The maximum absolute atomic E-state index is 14.2. The number of benzene rings is 1. The summed E-state index contributed by atoms with van der Waals surface area (Å²) in [6.45, 7) is 11.1. The van der Waals surface area contributed by atoms with Gasteiger partial charge in [-0.05, 0) is 48.8 Å². The van der Waals surface area contributed by atoms with Gasteiger partial charge in [-0.1, -0.05) is 55.8 Å². The molecule has 34 heavy (non-hydrogen) atoms. The third-order valence-corrected chi connectivity index (χ3v) is 8.86. The molecule has 0 spiro atoms. The minimum absolute atomic E-state index is 0.0906. The number of hydrogen-bond acceptors (Lipinski definition) is 5. The van der Waals surface area contributed by atoms with Crippen LogP contribution in [-0.2, 0) is 14.9 Å². The van der Waals surface area contributed by atoms with Gasteiger partial charge in [0.25, 0.3) is 5.91 Å². The van der Waals surface area contributed by atoms with Gasteiger partial charge in [-0.3, -0.25) is 4.79 Å². The van der Waals surface area contributed by atoms with E-state index in [1.807, 2.05) is 44.4 Å². The summed E-state index contributed by atoms with van der Waals surface area (Å²) in [5.41, 5.74) is 0.0231. The van der Waals surface area contributed by atoms with Gasteiger partial charge in [0.2, 0.25) is 0 Å². The second kappa shape index (κ2) is 10.9. The van der Waals surface area contributed by atoms with Crippen LogP contribution in [0.3, 0.4) is 0 Å². The summed E-state index contributed by atoms with van der Waals surface area (Å²) < 4.78 is 5.78. The first kappa shape index (κ1) is 26.8. The molecule has 0 saturated carbocycles. The number of carbonyl (C=O) groups is 2. The molecular weight excluding hydrogens is 516 g/mol. The Morgan fingerprint density at radius 1 is 1.38 bits per heavy atom. The van der Waals surface area contributed by atoms with Crippen LogP contribution in [0.2, 0.25) is 0 Å². The second-order valence-electron chi connectivity index (χ2n) is 10.1. The minimum atomic E-state index is -1.33. The molecule has 1 amide bonds. The lowest BCUT2D eigenvalue weighted by Gasteiger charge is -2.39. The predicted octanol–water partition coefficient (Wildman–Crippen LogP) is 5.93. The molecule has 0 unspecified atom stereocenters. The van der Waals surface area contributed by atoms with E-state index < -0.39 is 17.6 Å². The number of likely N-dealkylation sites (tertiary alicyclic amines) is 1. The first-order chi connectivity index (χ1) is 16.1. The highest BCUT2D eigenvalue weighted by molar-refractivity contribution is 9.09. The van der Waals surface area contributed by atoms with Crippen LogP contribution in [-0.4, -0.2) is 50.9 Å². The molecule has 8 heteroatoms. The molecule has 2 aromatic rings. The molecule has 1 fully saturated rings. The van der Waals surface area contributed by atoms with Crippen LogP contribution in [0.25, 0.3) is 0 Å². The van der Waals surface area contributed by atoms with Gasteiger partial charge in [0.15, 0.2) is 0 Å². The van der Waals surface area contributed by atoms with Crippen molar-refractivity contribution in [3.8, 4) is 0 Å². The fourth-order valence-corrected chi connectivity index (χ4v) is 6.12. The maximum atomic E-state index is 14.2. The molecule has 0 aliphatic carbocycles. The summed E-state index contributed by atoms with van der Waals surface area (Å²) in [6.07, 6.45) is 2.41. The third kappa shape index (κ3) is 5.24. The van der Waals surface area contributed by atoms with Crippen LogP contribution < -0.4 is 0 Å². The summed E-state index contributed by atoms with van der Waals surface area (Å²) in [5, 5.41) is 14.0. The number of aliphatic carboxylic acids is 1. The molecule has 3 atom stereocenters. The largest absolute Gasteiger partial charge is 0.479 e. The topological polar surface area (TPSA) is 79.7 Å². The number of amides is 1. The van der Waals surface area contributed by atoms with Gasteiger partial charge in [-0.15, -0.1) is 11.3 Å². The Morgan fingerprint density at radius 3 is 2.68 bits per heavy atom. The van der Waals surface area contributed by atoms with E-state index in [9.17, 15) is 14.7 Å². The zero-order valence-corrected chi connectivity index (χ0v) is 23.0. The number of rotatable bonds is 10. The summed E-state index contributed by atoms with van der Waals surface area (Å²) in [4.78, 5) is 33.3. The highest BCUT2D eigenvalue weighted by Gasteiger charge is 2.59. The summed E-state index contributed by atoms with van der Waals surface area (Å²) in [7, 11) is 0. The number of alkyl halides is 1. The molecule has 1 aromatic carbocycles. The number of carboxylic acid groups (broad SMARTS) is 1. The zero-order chi connectivity index (χ0) is 25.1. The number of hydrogen-bond donors (Lipinski definition) is 1. The lowest BCUT2D eigenvalue weighted by Crippen LogP contribution is -2.54. The number of carbonyl (C=O) groups excluding carboxylic acids is 1. The molecular formula is C26H35BrN2O4S. The van der Waals surface area contributed by atoms with Crippen LogP contribution in [0.4, 0.5) is 0 Å². The van der Waals surface area contributed by atoms with Gasteiger partial charge in [0.1, 0.15) is 10.5 Å². The lowest BCUT2D eigenvalue weighted by atomic mass is 9.83. The Hall–Kier alpha value is -1.77. The molecule has 0 bridgehead atoms. The SMILES string of the molecule is CCOC[C@H]1C[C@@](CC(C)C)(C(=O)O)N(C(=O)c2cccc(C(C)(C)CBr)c2)[C@H]1c1nccs1. The Balaban J connectivity index is 2.17. The van der Waals surface area contributed by atoms with Crippen LogP contribution in [0.1, 0.15) is 74.4 Å². The first-order valence-corrected chi connectivity index (χ1v) is 13.8. The molecule has 186 valence electrons. The van der Waals surface area contributed by atoms with E-state index in [4.69, 9.17) is 4.74 Å². The van der Waals surface area contributed by atoms with Crippen molar-refractivity contribution in [2.24, 2.45) is 11.8 Å². The highest BCUT2D eigenvalue weighted by Crippen LogP contribution is 2.51. The average molecular weight is 552 g/mol. The van der Waals surface area contributed by atoms with Crippen LogP contribution in [0.5, 0.6) is 0 Å². The summed E-state index contributed by atoms with van der Waals surface area (Å²) >= 11 is 5.03. The Bertz CT molecular complexity index is 994. The molecule has 1 N–H and O–H groups in total. The van der Waals surface area contributed by atoms with Gasteiger partial charge in [-0.2, -0.15) is 0 Å². The van der Waals surface area contributed by atoms with Gasteiger partial charge < -0.3 is 14.7 Å². The standard InChI is InChI=1S/C26H35BrN2O4S/c1-6-33-15-19-14-26(24(31)32,13-17(2)3)29(21(19)22-28-10-11-34-22)23(30)18-8-7-9-20(12-18)25(4,5)16-27/h7-12,17,19,21H,6,13-16H2,1-5H3,(H,31,32)/t19-,21-,26+/m1/s1. The monoisotopic (exact) mass is 550 g/mol. The van der Waals surface area contributed by atoms with E-state index in [1.165, 1.54) is 11.3 Å².